The van der Waals surface area contributed by atoms with Crippen molar-refractivity contribution in [2.45, 2.75) is 19.3 Å². The normalized spacial score (nSPS) is 18.4. The van der Waals surface area contributed by atoms with Gasteiger partial charge in [0, 0.05) is 23.1 Å². The van der Waals surface area contributed by atoms with Gasteiger partial charge >= 0.3 is 5.97 Å². The predicted molar refractivity (Wildman–Crippen MR) is 81.5 cm³/mol. The molecular formula is C15H17Cl2NO3. The monoisotopic (exact) mass is 329 g/mol. The van der Waals surface area contributed by atoms with Crippen molar-refractivity contribution in [3.63, 3.8) is 0 Å². The quantitative estimate of drug-likeness (QED) is 0.801. The van der Waals surface area contributed by atoms with Crippen LogP contribution in [-0.4, -0.2) is 37.0 Å². The lowest BCUT2D eigenvalue weighted by molar-refractivity contribution is -0.148. The topological polar surface area (TPSA) is 46.6 Å². The molecule has 0 unspecified atom stereocenters. The second-order valence-electron chi connectivity index (χ2n) is 5.11. The number of hydrogen-bond donors (Lipinski definition) is 0. The molecular weight excluding hydrogens is 313 g/mol. The highest BCUT2D eigenvalue weighted by Gasteiger charge is 2.29. The molecule has 1 heterocycles. The van der Waals surface area contributed by atoms with Crippen molar-refractivity contribution in [3.05, 3.63) is 33.8 Å². The molecule has 1 aliphatic heterocycles. The highest BCUT2D eigenvalue weighted by Crippen LogP contribution is 2.23. The van der Waals surface area contributed by atoms with Crippen LogP contribution in [0.15, 0.2) is 18.2 Å². The van der Waals surface area contributed by atoms with Crippen LogP contribution >= 0.6 is 23.2 Å². The average molecular weight is 330 g/mol. The second-order valence-corrected chi connectivity index (χ2v) is 5.96. The van der Waals surface area contributed by atoms with Crippen molar-refractivity contribution in [3.8, 4) is 0 Å². The van der Waals surface area contributed by atoms with Gasteiger partial charge in [-0.2, -0.15) is 0 Å². The molecule has 0 radical (unpaired) electrons. The van der Waals surface area contributed by atoms with Crippen LogP contribution in [0.2, 0.25) is 10.0 Å². The summed E-state index contributed by atoms with van der Waals surface area (Å²) in [5, 5.41) is 1.03. The molecule has 114 valence electrons. The number of likely N-dealkylation sites (tertiary alicyclic amines) is 1. The summed E-state index contributed by atoms with van der Waals surface area (Å²) < 4.78 is 4.76. The summed E-state index contributed by atoms with van der Waals surface area (Å²) in [5.41, 5.74) is 0.742. The van der Waals surface area contributed by atoms with E-state index < -0.39 is 0 Å². The van der Waals surface area contributed by atoms with Gasteiger partial charge in [-0.05, 0) is 30.5 Å². The van der Waals surface area contributed by atoms with Crippen molar-refractivity contribution >= 4 is 35.1 Å². The summed E-state index contributed by atoms with van der Waals surface area (Å²) in [5.74, 6) is -0.516. The van der Waals surface area contributed by atoms with Gasteiger partial charge in [-0.25, -0.2) is 0 Å². The minimum atomic E-state index is -0.253. The fourth-order valence-electron chi connectivity index (χ4n) is 2.50. The largest absolute Gasteiger partial charge is 0.469 e. The summed E-state index contributed by atoms with van der Waals surface area (Å²) in [7, 11) is 1.37. The van der Waals surface area contributed by atoms with Gasteiger partial charge in [-0.1, -0.05) is 29.3 Å². The van der Waals surface area contributed by atoms with E-state index in [1.165, 1.54) is 7.11 Å². The smallest absolute Gasteiger partial charge is 0.310 e. The van der Waals surface area contributed by atoms with E-state index in [2.05, 4.69) is 0 Å². The number of esters is 1. The van der Waals surface area contributed by atoms with E-state index in [0.717, 1.165) is 18.4 Å². The van der Waals surface area contributed by atoms with E-state index in [0.29, 0.717) is 23.1 Å². The lowest BCUT2D eigenvalue weighted by atomic mass is 9.97. The lowest BCUT2D eigenvalue weighted by Crippen LogP contribution is -2.43. The number of hydrogen-bond acceptors (Lipinski definition) is 3. The summed E-state index contributed by atoms with van der Waals surface area (Å²) >= 11 is 11.9. The van der Waals surface area contributed by atoms with E-state index in [1.54, 1.807) is 23.1 Å². The Morgan fingerprint density at radius 1 is 1.38 bits per heavy atom. The highest BCUT2D eigenvalue weighted by molar-refractivity contribution is 6.35. The molecule has 1 aromatic rings. The van der Waals surface area contributed by atoms with Gasteiger partial charge in [0.15, 0.2) is 0 Å². The molecule has 0 spiro atoms. The SMILES string of the molecule is COC(=O)[C@H]1CCCN(C(=O)Cc2ccc(Cl)cc2Cl)C1. The van der Waals surface area contributed by atoms with Crippen LogP contribution in [0.25, 0.3) is 0 Å². The van der Waals surface area contributed by atoms with Crippen LogP contribution in [0.5, 0.6) is 0 Å². The number of piperidine rings is 1. The summed E-state index contributed by atoms with van der Waals surface area (Å²) in [6.45, 7) is 1.08. The van der Waals surface area contributed by atoms with E-state index in [4.69, 9.17) is 27.9 Å². The standard InChI is InChI=1S/C15H17Cl2NO3/c1-21-15(20)11-3-2-6-18(9-11)14(19)7-10-4-5-12(16)8-13(10)17/h4-5,8,11H,2-3,6-7,9H2,1H3/t11-/m0/s1. The molecule has 0 aliphatic carbocycles. The van der Waals surface area contributed by atoms with Gasteiger partial charge in [0.25, 0.3) is 0 Å². The Morgan fingerprint density at radius 3 is 2.81 bits per heavy atom. The fourth-order valence-corrected chi connectivity index (χ4v) is 2.98. The zero-order valence-corrected chi connectivity index (χ0v) is 13.3. The number of ether oxygens (including phenoxy) is 1. The Labute approximate surface area is 134 Å². The molecule has 1 fully saturated rings. The number of carbonyl (C=O) groups is 2. The molecule has 1 amide bonds. The first-order valence-corrected chi connectivity index (χ1v) is 7.56. The molecule has 6 heteroatoms. The van der Waals surface area contributed by atoms with Crippen LogP contribution < -0.4 is 0 Å². The number of benzene rings is 1. The van der Waals surface area contributed by atoms with Gasteiger partial charge in [0.1, 0.15) is 0 Å². The zero-order chi connectivity index (χ0) is 15.4. The van der Waals surface area contributed by atoms with Crippen LogP contribution in [-0.2, 0) is 20.7 Å². The number of nitrogens with zero attached hydrogens (tertiary/aromatic N) is 1. The van der Waals surface area contributed by atoms with Crippen molar-refractivity contribution in [1.29, 1.82) is 0 Å². The van der Waals surface area contributed by atoms with E-state index in [-0.39, 0.29) is 24.2 Å². The zero-order valence-electron chi connectivity index (χ0n) is 11.8. The first kappa shape index (κ1) is 16.1. The van der Waals surface area contributed by atoms with Crippen LogP contribution in [0.1, 0.15) is 18.4 Å². The van der Waals surface area contributed by atoms with Gasteiger partial charge in [-0.3, -0.25) is 9.59 Å². The summed E-state index contributed by atoms with van der Waals surface area (Å²) in [4.78, 5) is 25.6. The molecule has 1 atom stereocenters. The maximum atomic E-state index is 12.3. The van der Waals surface area contributed by atoms with Gasteiger partial charge in [0.05, 0.1) is 19.4 Å². The molecule has 1 aromatic carbocycles. The maximum absolute atomic E-state index is 12.3. The summed E-state index contributed by atoms with van der Waals surface area (Å²) in [6, 6.07) is 5.09. The number of rotatable bonds is 3. The Kier molecular flexibility index (Phi) is 5.48. The van der Waals surface area contributed by atoms with Crippen molar-refractivity contribution in [1.82, 2.24) is 4.90 Å². The fraction of sp³-hybridized carbons (Fsp3) is 0.467. The minimum Gasteiger partial charge on any atom is -0.469 e. The Bertz CT molecular complexity index is 548. The molecule has 1 aliphatic rings. The van der Waals surface area contributed by atoms with Gasteiger partial charge < -0.3 is 9.64 Å². The van der Waals surface area contributed by atoms with E-state index in [1.807, 2.05) is 0 Å². The van der Waals surface area contributed by atoms with Gasteiger partial charge in [-0.15, -0.1) is 0 Å². The number of carbonyl (C=O) groups excluding carboxylic acids is 2. The third kappa shape index (κ3) is 4.11. The molecule has 2 rings (SSSR count). The maximum Gasteiger partial charge on any atom is 0.310 e. The molecule has 1 saturated heterocycles. The first-order valence-electron chi connectivity index (χ1n) is 6.80. The molecule has 0 N–H and O–H groups in total. The third-order valence-electron chi connectivity index (χ3n) is 3.67. The van der Waals surface area contributed by atoms with Gasteiger partial charge in [0.2, 0.25) is 5.91 Å². The first-order chi connectivity index (χ1) is 10.0. The minimum absolute atomic E-state index is 0.0344. The lowest BCUT2D eigenvalue weighted by Gasteiger charge is -2.31. The second kappa shape index (κ2) is 7.14. The van der Waals surface area contributed by atoms with E-state index in [9.17, 15) is 9.59 Å². The molecule has 4 nitrogen and oxygen atoms in total. The third-order valence-corrected chi connectivity index (χ3v) is 4.25. The number of methoxy groups -OCH3 is 1. The molecule has 21 heavy (non-hydrogen) atoms. The van der Waals surface area contributed by atoms with Crippen LogP contribution in [0.4, 0.5) is 0 Å². The van der Waals surface area contributed by atoms with Crippen LogP contribution in [0, 0.1) is 5.92 Å². The molecule has 0 saturated carbocycles. The Hall–Kier alpha value is -1.26. The van der Waals surface area contributed by atoms with Crippen LogP contribution in [0.3, 0.4) is 0 Å². The van der Waals surface area contributed by atoms with Crippen molar-refractivity contribution in [2.75, 3.05) is 20.2 Å². The summed E-state index contributed by atoms with van der Waals surface area (Å²) in [6.07, 6.45) is 1.78. The number of amides is 1. The Morgan fingerprint density at radius 2 is 2.14 bits per heavy atom. The average Bonchev–Trinajstić information content (AvgIpc) is 2.49. The molecule has 0 aromatic heterocycles. The predicted octanol–water partition coefficient (Wildman–Crippen LogP) is 2.95. The Balaban J connectivity index is 2.01. The number of halogens is 2. The highest BCUT2D eigenvalue weighted by atomic mass is 35.5. The van der Waals surface area contributed by atoms with E-state index >= 15 is 0 Å². The molecule has 0 bridgehead atoms. The van der Waals surface area contributed by atoms with Crippen molar-refractivity contribution in [2.24, 2.45) is 5.92 Å². The van der Waals surface area contributed by atoms with Crippen molar-refractivity contribution < 1.29 is 14.3 Å².